The Kier molecular flexibility index (Phi) is 4.34. The Morgan fingerprint density at radius 3 is 2.72 bits per heavy atom. The summed E-state index contributed by atoms with van der Waals surface area (Å²) in [6, 6.07) is 9.18. The van der Waals surface area contributed by atoms with E-state index in [1.807, 2.05) is 19.1 Å². The summed E-state index contributed by atoms with van der Waals surface area (Å²) in [7, 11) is 0. The third kappa shape index (κ3) is 3.29. The van der Waals surface area contributed by atoms with Crippen molar-refractivity contribution in [3.63, 3.8) is 0 Å². The molecule has 1 N–H and O–H groups in total. The summed E-state index contributed by atoms with van der Waals surface area (Å²) >= 11 is 5.58. The van der Waals surface area contributed by atoms with Gasteiger partial charge in [-0.3, -0.25) is 4.79 Å². The van der Waals surface area contributed by atoms with Gasteiger partial charge in [0.1, 0.15) is 5.82 Å². The van der Waals surface area contributed by atoms with Gasteiger partial charge < -0.3 is 5.32 Å². The largest absolute Gasteiger partial charge is 0.307 e. The number of nitrogens with one attached hydrogen (secondary N) is 1. The van der Waals surface area contributed by atoms with Gasteiger partial charge in [0.15, 0.2) is 0 Å². The van der Waals surface area contributed by atoms with E-state index in [4.69, 9.17) is 0 Å². The average Bonchev–Trinajstić information content (AvgIpc) is 2.35. The Bertz CT molecular complexity index is 584. The number of amides is 1. The summed E-state index contributed by atoms with van der Waals surface area (Å²) in [6.07, 6.45) is 1.71. The molecular formula is C13H10BrIN2O. The summed E-state index contributed by atoms with van der Waals surface area (Å²) in [5, 5.41) is 2.76. The van der Waals surface area contributed by atoms with Crippen LogP contribution in [-0.4, -0.2) is 10.9 Å². The van der Waals surface area contributed by atoms with Crippen LogP contribution in [0.4, 0.5) is 5.82 Å². The number of carbonyl (C=O) groups excluding carboxylic acids is 1. The lowest BCUT2D eigenvalue weighted by Crippen LogP contribution is -2.12. The van der Waals surface area contributed by atoms with Crippen LogP contribution in [0.1, 0.15) is 15.9 Å². The number of hydrogen-bond donors (Lipinski definition) is 1. The Morgan fingerprint density at radius 2 is 2.11 bits per heavy atom. The topological polar surface area (TPSA) is 42.0 Å². The minimum Gasteiger partial charge on any atom is -0.307 e. The van der Waals surface area contributed by atoms with Gasteiger partial charge in [-0.25, -0.2) is 4.98 Å². The fourth-order valence-corrected chi connectivity index (χ4v) is 2.07. The lowest BCUT2D eigenvalue weighted by Gasteiger charge is -2.06. The van der Waals surface area contributed by atoms with Crippen molar-refractivity contribution in [1.82, 2.24) is 4.98 Å². The van der Waals surface area contributed by atoms with Crippen LogP contribution in [0.2, 0.25) is 0 Å². The SMILES string of the molecule is Cc1ccc(C(=O)Nc2ccc(I)cn2)cc1Br. The maximum absolute atomic E-state index is 12.0. The van der Waals surface area contributed by atoms with Gasteiger partial charge in [0.2, 0.25) is 0 Å². The van der Waals surface area contributed by atoms with E-state index < -0.39 is 0 Å². The second-order valence-corrected chi connectivity index (χ2v) is 5.88. The van der Waals surface area contributed by atoms with Crippen molar-refractivity contribution in [1.29, 1.82) is 0 Å². The molecule has 1 aromatic heterocycles. The van der Waals surface area contributed by atoms with Crippen LogP contribution in [0.5, 0.6) is 0 Å². The molecule has 1 aromatic carbocycles. The molecule has 18 heavy (non-hydrogen) atoms. The average molecular weight is 417 g/mol. The molecule has 0 spiro atoms. The molecule has 0 aliphatic rings. The number of benzene rings is 1. The zero-order chi connectivity index (χ0) is 13.1. The number of aryl methyl sites for hydroxylation is 1. The van der Waals surface area contributed by atoms with E-state index >= 15 is 0 Å². The molecule has 0 saturated carbocycles. The van der Waals surface area contributed by atoms with E-state index in [1.54, 1.807) is 24.4 Å². The molecule has 0 unspecified atom stereocenters. The van der Waals surface area contributed by atoms with Crippen molar-refractivity contribution in [3.8, 4) is 0 Å². The normalized spacial score (nSPS) is 10.2. The zero-order valence-corrected chi connectivity index (χ0v) is 13.3. The zero-order valence-electron chi connectivity index (χ0n) is 9.58. The van der Waals surface area contributed by atoms with Crippen LogP contribution in [0.3, 0.4) is 0 Å². The van der Waals surface area contributed by atoms with Crippen LogP contribution < -0.4 is 5.32 Å². The van der Waals surface area contributed by atoms with E-state index in [1.165, 1.54) is 0 Å². The first-order valence-electron chi connectivity index (χ1n) is 5.25. The van der Waals surface area contributed by atoms with Crippen molar-refractivity contribution < 1.29 is 4.79 Å². The first kappa shape index (κ1) is 13.5. The second kappa shape index (κ2) is 5.79. The number of hydrogen-bond acceptors (Lipinski definition) is 2. The molecule has 2 rings (SSSR count). The molecule has 0 aliphatic heterocycles. The quantitative estimate of drug-likeness (QED) is 0.751. The van der Waals surface area contributed by atoms with Crippen molar-refractivity contribution in [3.05, 3.63) is 55.7 Å². The molecule has 5 heteroatoms. The molecule has 2 aromatic rings. The highest BCUT2D eigenvalue weighted by Gasteiger charge is 2.08. The predicted octanol–water partition coefficient (Wildman–Crippen LogP) is 4.01. The number of rotatable bonds is 2. The summed E-state index contributed by atoms with van der Waals surface area (Å²) in [5.74, 6) is 0.390. The smallest absolute Gasteiger partial charge is 0.256 e. The van der Waals surface area contributed by atoms with Gasteiger partial charge in [0, 0.05) is 19.8 Å². The maximum Gasteiger partial charge on any atom is 0.256 e. The fraction of sp³-hybridized carbons (Fsp3) is 0.0769. The minimum atomic E-state index is -0.163. The molecule has 1 amide bonds. The standard InChI is InChI=1S/C13H10BrIN2O/c1-8-2-3-9(6-11(8)14)13(18)17-12-5-4-10(15)7-16-12/h2-7H,1H3,(H,16,17,18). The number of anilines is 1. The molecule has 1 heterocycles. The third-order valence-corrected chi connectivity index (χ3v) is 3.90. The fourth-order valence-electron chi connectivity index (χ4n) is 1.37. The number of carbonyl (C=O) groups is 1. The highest BCUT2D eigenvalue weighted by Crippen LogP contribution is 2.18. The van der Waals surface area contributed by atoms with Gasteiger partial charge in [0.25, 0.3) is 5.91 Å². The molecule has 0 atom stereocenters. The van der Waals surface area contributed by atoms with Crippen LogP contribution in [0, 0.1) is 10.5 Å². The molecule has 92 valence electrons. The lowest BCUT2D eigenvalue weighted by atomic mass is 10.1. The van der Waals surface area contributed by atoms with Gasteiger partial charge >= 0.3 is 0 Å². The Labute approximate surface area is 127 Å². The van der Waals surface area contributed by atoms with Gasteiger partial charge in [-0.2, -0.15) is 0 Å². The summed E-state index contributed by atoms with van der Waals surface area (Å²) < 4.78 is 1.95. The molecule has 0 aliphatic carbocycles. The van der Waals surface area contributed by atoms with Crippen molar-refractivity contribution >= 4 is 50.2 Å². The van der Waals surface area contributed by atoms with Crippen LogP contribution in [0.15, 0.2) is 41.0 Å². The van der Waals surface area contributed by atoms with E-state index in [-0.39, 0.29) is 5.91 Å². The number of nitrogens with zero attached hydrogens (tertiary/aromatic N) is 1. The number of pyridine rings is 1. The summed E-state index contributed by atoms with van der Waals surface area (Å²) in [5.41, 5.74) is 1.70. The molecule has 0 saturated heterocycles. The van der Waals surface area contributed by atoms with Crippen LogP contribution in [-0.2, 0) is 0 Å². The molecular weight excluding hydrogens is 407 g/mol. The van der Waals surface area contributed by atoms with Crippen LogP contribution >= 0.6 is 38.5 Å². The Hall–Kier alpha value is -0.950. The van der Waals surface area contributed by atoms with Gasteiger partial charge in [-0.15, -0.1) is 0 Å². The van der Waals surface area contributed by atoms with Gasteiger partial charge in [-0.1, -0.05) is 22.0 Å². The molecule has 0 fully saturated rings. The Balaban J connectivity index is 2.16. The monoisotopic (exact) mass is 416 g/mol. The molecule has 0 radical (unpaired) electrons. The van der Waals surface area contributed by atoms with E-state index in [2.05, 4.69) is 48.8 Å². The molecule has 3 nitrogen and oxygen atoms in total. The van der Waals surface area contributed by atoms with Crippen molar-refractivity contribution in [2.24, 2.45) is 0 Å². The summed E-state index contributed by atoms with van der Waals surface area (Å²) in [4.78, 5) is 16.1. The summed E-state index contributed by atoms with van der Waals surface area (Å²) in [6.45, 7) is 1.98. The van der Waals surface area contributed by atoms with E-state index in [9.17, 15) is 4.79 Å². The number of aromatic nitrogens is 1. The third-order valence-electron chi connectivity index (χ3n) is 2.40. The van der Waals surface area contributed by atoms with Crippen molar-refractivity contribution in [2.75, 3.05) is 5.32 Å². The number of halogens is 2. The minimum absolute atomic E-state index is 0.163. The highest BCUT2D eigenvalue weighted by molar-refractivity contribution is 14.1. The van der Waals surface area contributed by atoms with E-state index in [0.29, 0.717) is 11.4 Å². The van der Waals surface area contributed by atoms with Gasteiger partial charge in [-0.05, 0) is 59.3 Å². The highest BCUT2D eigenvalue weighted by atomic mass is 127. The lowest BCUT2D eigenvalue weighted by molar-refractivity contribution is 0.102. The Morgan fingerprint density at radius 1 is 1.33 bits per heavy atom. The second-order valence-electron chi connectivity index (χ2n) is 3.78. The first-order valence-corrected chi connectivity index (χ1v) is 7.12. The maximum atomic E-state index is 12.0. The first-order chi connectivity index (χ1) is 8.56. The van der Waals surface area contributed by atoms with Crippen molar-refractivity contribution in [2.45, 2.75) is 6.92 Å². The molecule has 0 bridgehead atoms. The van der Waals surface area contributed by atoms with Crippen LogP contribution in [0.25, 0.3) is 0 Å². The predicted molar refractivity (Wildman–Crippen MR) is 83.8 cm³/mol. The van der Waals surface area contributed by atoms with Gasteiger partial charge in [0.05, 0.1) is 0 Å². The van der Waals surface area contributed by atoms with E-state index in [0.717, 1.165) is 13.6 Å².